The molecule has 4 nitrogen and oxygen atoms in total. The summed E-state index contributed by atoms with van der Waals surface area (Å²) in [5, 5.41) is 12.3. The molecule has 0 aliphatic heterocycles. The van der Waals surface area contributed by atoms with E-state index < -0.39 is 0 Å². The molecule has 7 rings (SSSR count). The van der Waals surface area contributed by atoms with Gasteiger partial charge in [0, 0.05) is 32.8 Å². The van der Waals surface area contributed by atoms with Gasteiger partial charge in [0.2, 0.25) is 5.89 Å². The summed E-state index contributed by atoms with van der Waals surface area (Å²) >= 11 is 0. The Bertz CT molecular complexity index is 2530. The number of hydrogen-bond donors (Lipinski definition) is 1. The van der Waals surface area contributed by atoms with Gasteiger partial charge in [-0.05, 0) is 100 Å². The van der Waals surface area contributed by atoms with E-state index in [1.807, 2.05) is 18.3 Å². The van der Waals surface area contributed by atoms with E-state index in [0.717, 1.165) is 49.8 Å². The van der Waals surface area contributed by atoms with Gasteiger partial charge in [-0.15, -0.1) is 34.9 Å². The maximum atomic E-state index is 11.1. The number of phenols is 1. The normalized spacial score (nSPS) is 12.4. The molecule has 5 aromatic carbocycles. The van der Waals surface area contributed by atoms with Crippen molar-refractivity contribution in [2.45, 2.75) is 99.3 Å². The summed E-state index contributed by atoms with van der Waals surface area (Å²) in [7, 11) is 0. The fourth-order valence-corrected chi connectivity index (χ4v) is 7.64. The third-order valence-electron chi connectivity index (χ3n) is 10.4. The topological polar surface area (TPSA) is 59.2 Å². The number of nitrogens with zero attached hydrogens (tertiary/aromatic N) is 2. The van der Waals surface area contributed by atoms with Crippen molar-refractivity contribution >= 4 is 22.0 Å². The Kier molecular flexibility index (Phi) is 10.1. The van der Waals surface area contributed by atoms with Crippen LogP contribution in [0.2, 0.25) is 0 Å². The number of aromatic hydroxyl groups is 1. The number of fused-ring (bicyclic) bond motifs is 2. The van der Waals surface area contributed by atoms with Crippen LogP contribution in [0.3, 0.4) is 0 Å². The van der Waals surface area contributed by atoms with E-state index in [2.05, 4.69) is 150 Å². The van der Waals surface area contributed by atoms with Gasteiger partial charge in [-0.1, -0.05) is 121 Å². The minimum Gasteiger partial charge on any atom is -0.507 e. The van der Waals surface area contributed by atoms with E-state index in [0.29, 0.717) is 17.0 Å². The monoisotopic (exact) mass is 894 g/mol. The van der Waals surface area contributed by atoms with E-state index in [4.69, 9.17) is 14.4 Å². The third kappa shape index (κ3) is 7.30. The van der Waals surface area contributed by atoms with Crippen molar-refractivity contribution in [2.75, 3.05) is 0 Å². The molecule has 54 heavy (non-hydrogen) atoms. The average Bonchev–Trinajstić information content (AvgIpc) is 3.49. The molecular weight excluding hydrogens is 844 g/mol. The predicted molar refractivity (Wildman–Crippen MR) is 222 cm³/mol. The van der Waals surface area contributed by atoms with E-state index in [-0.39, 0.29) is 43.1 Å². The number of phenolic OH excluding ortho intramolecular Hbond substituents is 1. The summed E-state index contributed by atoms with van der Waals surface area (Å²) in [6.45, 7) is 26.5. The molecule has 2 aromatic heterocycles. The second-order valence-corrected chi connectivity index (χ2v) is 17.9. The largest absolute Gasteiger partial charge is 0.507 e. The van der Waals surface area contributed by atoms with Gasteiger partial charge in [0.25, 0.3) is 0 Å². The smallest absolute Gasteiger partial charge is 0.230 e. The first-order valence-corrected chi connectivity index (χ1v) is 18.6. The number of para-hydroxylation sites is 1. The maximum Gasteiger partial charge on any atom is 0.230 e. The summed E-state index contributed by atoms with van der Waals surface area (Å²) in [4.78, 5) is 10.1. The van der Waals surface area contributed by atoms with Gasteiger partial charge in [0.15, 0.2) is 0 Å². The Labute approximate surface area is 335 Å². The zero-order chi connectivity index (χ0) is 38.2. The first-order valence-electron chi connectivity index (χ1n) is 18.6. The van der Waals surface area contributed by atoms with Crippen molar-refractivity contribution in [2.24, 2.45) is 0 Å². The number of rotatable bonds is 4. The fraction of sp³-hybridized carbons (Fsp3) is 0.306. The van der Waals surface area contributed by atoms with Crippen LogP contribution in [-0.2, 0) is 37.3 Å². The summed E-state index contributed by atoms with van der Waals surface area (Å²) < 4.78 is 6.65. The average molecular weight is 895 g/mol. The number of pyridine rings is 1. The third-order valence-corrected chi connectivity index (χ3v) is 10.4. The van der Waals surface area contributed by atoms with Crippen LogP contribution in [0.25, 0.3) is 66.8 Å². The Morgan fingerprint density at radius 3 is 1.91 bits per heavy atom. The predicted octanol–water partition coefficient (Wildman–Crippen LogP) is 13.4. The van der Waals surface area contributed by atoms with Crippen molar-refractivity contribution in [1.29, 1.82) is 0 Å². The maximum absolute atomic E-state index is 11.1. The van der Waals surface area contributed by atoms with E-state index in [9.17, 15) is 5.11 Å². The molecule has 0 aliphatic carbocycles. The van der Waals surface area contributed by atoms with Gasteiger partial charge in [-0.2, -0.15) is 0 Å². The van der Waals surface area contributed by atoms with Crippen LogP contribution in [0.5, 0.6) is 5.75 Å². The Morgan fingerprint density at radius 1 is 0.630 bits per heavy atom. The van der Waals surface area contributed by atoms with Crippen LogP contribution < -0.4 is 0 Å². The fourth-order valence-electron chi connectivity index (χ4n) is 7.64. The van der Waals surface area contributed by atoms with Crippen molar-refractivity contribution in [3.05, 3.63) is 125 Å². The molecule has 0 saturated carbocycles. The second kappa shape index (κ2) is 14.0. The van der Waals surface area contributed by atoms with Gasteiger partial charge in [0.1, 0.15) is 11.3 Å². The van der Waals surface area contributed by atoms with E-state index >= 15 is 0 Å². The zero-order valence-electron chi connectivity index (χ0n) is 33.6. The number of aromatic nitrogens is 2. The molecule has 0 radical (unpaired) electrons. The second-order valence-electron chi connectivity index (χ2n) is 17.9. The zero-order valence-corrected chi connectivity index (χ0v) is 35.9. The number of aryl methyl sites for hydroxylation is 3. The quantitative estimate of drug-likeness (QED) is 0.179. The molecule has 2 heterocycles. The van der Waals surface area contributed by atoms with Crippen LogP contribution >= 0.6 is 0 Å². The molecule has 1 N–H and O–H groups in total. The molecule has 5 heteroatoms. The number of benzene rings is 5. The molecule has 0 fully saturated rings. The molecule has 0 bridgehead atoms. The van der Waals surface area contributed by atoms with Crippen molar-refractivity contribution < 1.29 is 30.6 Å². The molecule has 0 atom stereocenters. The summed E-state index contributed by atoms with van der Waals surface area (Å²) in [5.41, 5.74) is 15.9. The van der Waals surface area contributed by atoms with E-state index in [1.165, 1.54) is 33.4 Å². The van der Waals surface area contributed by atoms with Crippen molar-refractivity contribution in [3.63, 3.8) is 0 Å². The molecule has 0 spiro atoms. The molecule has 0 aliphatic rings. The Hall–Kier alpha value is -4.53. The Balaban J connectivity index is 0.00000497. The summed E-state index contributed by atoms with van der Waals surface area (Å²) in [6.07, 6.45) is 1.93. The first-order chi connectivity index (χ1) is 24.8. The Morgan fingerprint density at radius 2 is 1.28 bits per heavy atom. The minimum atomic E-state index is -0.151. The van der Waals surface area contributed by atoms with Gasteiger partial charge in [0.05, 0.1) is 11.1 Å². The molecular formula is C49H51N2O2Pt-. The summed E-state index contributed by atoms with van der Waals surface area (Å²) in [5.74, 6) is 0.526. The van der Waals surface area contributed by atoms with Crippen molar-refractivity contribution in [1.82, 2.24) is 9.97 Å². The van der Waals surface area contributed by atoms with Crippen LogP contribution in [0, 0.1) is 26.8 Å². The SMILES string of the molecule is Cc1cc(C)c(-c2cc(-c3[c-]c(-c4cccc5c(C(C)(C)C)ccnc45)cc(C(C)(C)C)c3)c3nc(-c4cc(C(C)(C)C)ccc4O)oc3c2)c(C)c1.[Pt]. The van der Waals surface area contributed by atoms with Crippen LogP contribution in [0.15, 0.2) is 89.5 Å². The molecule has 280 valence electrons. The van der Waals surface area contributed by atoms with Gasteiger partial charge >= 0.3 is 0 Å². The van der Waals surface area contributed by atoms with Gasteiger partial charge in [-0.25, -0.2) is 4.98 Å². The molecule has 0 amide bonds. The number of hydrogen-bond acceptors (Lipinski definition) is 4. The first kappa shape index (κ1) is 39.2. The van der Waals surface area contributed by atoms with Gasteiger partial charge < -0.3 is 9.52 Å². The van der Waals surface area contributed by atoms with Crippen molar-refractivity contribution in [3.8, 4) is 50.6 Å². The standard InChI is InChI=1S/C49H51N2O2.Pt/c1-28-20-29(2)43(30(3)21-28)33-25-38(45-42(26-33)53-46(51-45)39-27-34(47(4,5)6)16-17-41(39)52)32-22-31(23-35(24-32)48(7,8)9)36-14-13-15-37-40(49(10,11)12)18-19-50-44(36)37;/h13-21,23-27,52H,1-12H3;/q-1;. The molecule has 0 saturated heterocycles. The van der Waals surface area contributed by atoms with Crippen LogP contribution in [-0.4, -0.2) is 15.1 Å². The van der Waals surface area contributed by atoms with Gasteiger partial charge in [-0.3, -0.25) is 4.98 Å². The summed E-state index contributed by atoms with van der Waals surface area (Å²) in [6, 6.07) is 31.5. The van der Waals surface area contributed by atoms with E-state index in [1.54, 1.807) is 6.07 Å². The molecule has 7 aromatic rings. The van der Waals surface area contributed by atoms with Crippen LogP contribution in [0.4, 0.5) is 0 Å². The van der Waals surface area contributed by atoms with Crippen LogP contribution in [0.1, 0.15) is 95.7 Å². The minimum absolute atomic E-state index is 0. The number of oxazole rings is 1. The molecule has 0 unspecified atom stereocenters.